The number of hydrogen-bond acceptors (Lipinski definition) is 4. The summed E-state index contributed by atoms with van der Waals surface area (Å²) in [5.74, 6) is -0.448. The van der Waals surface area contributed by atoms with Gasteiger partial charge in [0.25, 0.3) is 10.0 Å². The van der Waals surface area contributed by atoms with Gasteiger partial charge in [-0.1, -0.05) is 72.3 Å². The SMILES string of the molecule is O=C(CN1N=C(c2ccccc2)c2cc(Cl)ccc2S1(=O)=O)NCc1ccccc1. The van der Waals surface area contributed by atoms with Gasteiger partial charge in [0.05, 0.1) is 4.90 Å². The van der Waals surface area contributed by atoms with Crippen molar-refractivity contribution in [2.24, 2.45) is 5.10 Å². The first kappa shape index (κ1) is 20.1. The Morgan fingerprint density at radius 2 is 1.63 bits per heavy atom. The highest BCUT2D eigenvalue weighted by atomic mass is 35.5. The summed E-state index contributed by atoms with van der Waals surface area (Å²) in [6.07, 6.45) is 0. The summed E-state index contributed by atoms with van der Waals surface area (Å²) in [6, 6.07) is 23.1. The van der Waals surface area contributed by atoms with E-state index in [2.05, 4.69) is 10.4 Å². The topological polar surface area (TPSA) is 78.8 Å². The highest BCUT2D eigenvalue weighted by molar-refractivity contribution is 7.89. The van der Waals surface area contributed by atoms with Crippen LogP contribution in [-0.2, 0) is 21.4 Å². The Morgan fingerprint density at radius 3 is 2.33 bits per heavy atom. The molecule has 1 N–H and O–H groups in total. The quantitative estimate of drug-likeness (QED) is 0.661. The largest absolute Gasteiger partial charge is 0.350 e. The molecule has 1 amide bonds. The van der Waals surface area contributed by atoms with E-state index in [1.54, 1.807) is 6.07 Å². The van der Waals surface area contributed by atoms with Gasteiger partial charge in [-0.2, -0.15) is 17.9 Å². The van der Waals surface area contributed by atoms with Crippen molar-refractivity contribution >= 4 is 33.2 Å². The van der Waals surface area contributed by atoms with Gasteiger partial charge in [0.15, 0.2) is 0 Å². The fourth-order valence-corrected chi connectivity index (χ4v) is 4.70. The summed E-state index contributed by atoms with van der Waals surface area (Å²) >= 11 is 6.12. The van der Waals surface area contributed by atoms with Crippen LogP contribution in [0.5, 0.6) is 0 Å². The number of nitrogens with one attached hydrogen (secondary N) is 1. The van der Waals surface area contributed by atoms with Crippen LogP contribution in [0.3, 0.4) is 0 Å². The first-order valence-electron chi connectivity index (χ1n) is 9.22. The third-order valence-corrected chi connectivity index (χ3v) is 6.53. The maximum absolute atomic E-state index is 13.1. The van der Waals surface area contributed by atoms with Gasteiger partial charge in [-0.05, 0) is 23.8 Å². The van der Waals surface area contributed by atoms with Gasteiger partial charge in [-0.25, -0.2) is 0 Å². The molecule has 0 unspecified atom stereocenters. The first-order chi connectivity index (χ1) is 14.4. The van der Waals surface area contributed by atoms with Crippen molar-refractivity contribution < 1.29 is 13.2 Å². The van der Waals surface area contributed by atoms with Crippen LogP contribution < -0.4 is 5.32 Å². The minimum Gasteiger partial charge on any atom is -0.350 e. The normalized spacial score (nSPS) is 14.6. The number of benzene rings is 3. The Balaban J connectivity index is 1.65. The summed E-state index contributed by atoms with van der Waals surface area (Å²) < 4.78 is 27.0. The number of rotatable bonds is 5. The summed E-state index contributed by atoms with van der Waals surface area (Å²) in [5, 5.41) is 7.47. The van der Waals surface area contributed by atoms with Gasteiger partial charge in [0.1, 0.15) is 12.3 Å². The minimum absolute atomic E-state index is 0.0663. The zero-order chi connectivity index (χ0) is 21.1. The van der Waals surface area contributed by atoms with E-state index in [0.717, 1.165) is 15.5 Å². The van der Waals surface area contributed by atoms with Crippen LogP contribution in [0.15, 0.2) is 88.9 Å². The summed E-state index contributed by atoms with van der Waals surface area (Å²) in [7, 11) is -3.99. The number of hydrogen-bond donors (Lipinski definition) is 1. The second-order valence-electron chi connectivity index (χ2n) is 6.70. The molecule has 0 saturated carbocycles. The van der Waals surface area contributed by atoms with Crippen LogP contribution in [-0.4, -0.2) is 31.0 Å². The average Bonchev–Trinajstić information content (AvgIpc) is 2.75. The molecular weight excluding hydrogens is 422 g/mol. The molecule has 0 aliphatic carbocycles. The second kappa shape index (κ2) is 8.30. The predicted molar refractivity (Wildman–Crippen MR) is 116 cm³/mol. The summed E-state index contributed by atoms with van der Waals surface area (Å²) in [4.78, 5) is 12.5. The molecule has 3 aromatic carbocycles. The molecule has 0 bridgehead atoms. The molecule has 152 valence electrons. The van der Waals surface area contributed by atoms with E-state index in [4.69, 9.17) is 11.6 Å². The van der Waals surface area contributed by atoms with Crippen LogP contribution in [0.1, 0.15) is 16.7 Å². The van der Waals surface area contributed by atoms with Crippen molar-refractivity contribution in [3.05, 3.63) is 101 Å². The van der Waals surface area contributed by atoms with Crippen LogP contribution in [0.2, 0.25) is 5.02 Å². The summed E-state index contributed by atoms with van der Waals surface area (Å²) in [5.41, 5.74) is 2.50. The van der Waals surface area contributed by atoms with Crippen molar-refractivity contribution in [2.45, 2.75) is 11.4 Å². The monoisotopic (exact) mass is 439 g/mol. The van der Waals surface area contributed by atoms with Crippen molar-refractivity contribution in [3.8, 4) is 0 Å². The molecule has 4 rings (SSSR count). The zero-order valence-electron chi connectivity index (χ0n) is 15.8. The smallest absolute Gasteiger partial charge is 0.280 e. The molecule has 1 aliphatic rings. The number of nitrogens with zero attached hydrogens (tertiary/aromatic N) is 2. The Morgan fingerprint density at radius 1 is 0.967 bits per heavy atom. The van der Waals surface area contributed by atoms with Gasteiger partial charge < -0.3 is 5.32 Å². The lowest BCUT2D eigenvalue weighted by Crippen LogP contribution is -2.40. The fourth-order valence-electron chi connectivity index (χ4n) is 3.15. The van der Waals surface area contributed by atoms with E-state index >= 15 is 0 Å². The van der Waals surface area contributed by atoms with Gasteiger partial charge in [0, 0.05) is 22.7 Å². The molecular formula is C22H18ClN3O3S. The van der Waals surface area contributed by atoms with Gasteiger partial charge in [-0.15, -0.1) is 0 Å². The lowest BCUT2D eigenvalue weighted by molar-refractivity contribution is -0.121. The molecule has 0 spiro atoms. The highest BCUT2D eigenvalue weighted by Crippen LogP contribution is 2.30. The Bertz CT molecular complexity index is 1210. The summed E-state index contributed by atoms with van der Waals surface area (Å²) in [6.45, 7) is -0.122. The third-order valence-electron chi connectivity index (χ3n) is 4.62. The van der Waals surface area contributed by atoms with Crippen molar-refractivity contribution in [1.82, 2.24) is 9.73 Å². The van der Waals surface area contributed by atoms with Gasteiger partial charge in [0.2, 0.25) is 5.91 Å². The van der Waals surface area contributed by atoms with E-state index in [0.29, 0.717) is 22.8 Å². The molecule has 1 heterocycles. The molecule has 0 aromatic heterocycles. The van der Waals surface area contributed by atoms with Gasteiger partial charge >= 0.3 is 0 Å². The second-order valence-corrected chi connectivity index (χ2v) is 8.95. The number of hydrazone groups is 1. The number of sulfonamides is 1. The Hall–Kier alpha value is -3.16. The number of amides is 1. The van der Waals surface area contributed by atoms with Crippen LogP contribution in [0.4, 0.5) is 0 Å². The molecule has 0 saturated heterocycles. The van der Waals surface area contributed by atoms with E-state index in [9.17, 15) is 13.2 Å². The van der Waals surface area contributed by atoms with Gasteiger partial charge in [-0.3, -0.25) is 4.79 Å². The third kappa shape index (κ3) is 4.08. The first-order valence-corrected chi connectivity index (χ1v) is 11.0. The Kier molecular flexibility index (Phi) is 5.57. The van der Waals surface area contributed by atoms with Crippen LogP contribution >= 0.6 is 11.6 Å². The number of fused-ring (bicyclic) bond motifs is 1. The molecule has 6 nitrogen and oxygen atoms in total. The van der Waals surface area contributed by atoms with Crippen LogP contribution in [0.25, 0.3) is 0 Å². The minimum atomic E-state index is -3.99. The molecule has 0 atom stereocenters. The maximum atomic E-state index is 13.1. The predicted octanol–water partition coefficient (Wildman–Crippen LogP) is 3.41. The maximum Gasteiger partial charge on any atom is 0.280 e. The molecule has 8 heteroatoms. The van der Waals surface area contributed by atoms with Crippen molar-refractivity contribution in [2.75, 3.05) is 6.54 Å². The zero-order valence-corrected chi connectivity index (χ0v) is 17.4. The highest BCUT2D eigenvalue weighted by Gasteiger charge is 2.34. The number of carbonyl (C=O) groups is 1. The molecule has 1 aliphatic heterocycles. The fraction of sp³-hybridized carbons (Fsp3) is 0.0909. The number of carbonyl (C=O) groups excluding carboxylic acids is 1. The molecule has 0 fully saturated rings. The molecule has 0 radical (unpaired) electrons. The van der Waals surface area contributed by atoms with E-state index in [-0.39, 0.29) is 4.90 Å². The average molecular weight is 440 g/mol. The lowest BCUT2D eigenvalue weighted by Gasteiger charge is -2.27. The lowest BCUT2D eigenvalue weighted by atomic mass is 10.0. The molecule has 3 aromatic rings. The number of halogens is 1. The standard InChI is InChI=1S/C22H18ClN3O3S/c23-18-11-12-20-19(13-18)22(17-9-5-2-6-10-17)25-26(30(20,28)29)15-21(27)24-14-16-7-3-1-4-8-16/h1-13H,14-15H2,(H,24,27). The van der Waals surface area contributed by atoms with Crippen molar-refractivity contribution in [3.63, 3.8) is 0 Å². The van der Waals surface area contributed by atoms with Crippen molar-refractivity contribution in [1.29, 1.82) is 0 Å². The van der Waals surface area contributed by atoms with E-state index in [1.807, 2.05) is 60.7 Å². The van der Waals surface area contributed by atoms with E-state index in [1.165, 1.54) is 12.1 Å². The Labute approximate surface area is 179 Å². The van der Waals surface area contributed by atoms with E-state index < -0.39 is 22.5 Å². The molecule has 30 heavy (non-hydrogen) atoms. The van der Waals surface area contributed by atoms with Crippen LogP contribution in [0, 0.1) is 0 Å².